The highest BCUT2D eigenvalue weighted by atomic mass is 35.5. The molecule has 2 aromatic carbocycles. The summed E-state index contributed by atoms with van der Waals surface area (Å²) in [5.74, 6) is 0. The van der Waals surface area contributed by atoms with Gasteiger partial charge in [-0.25, -0.2) is 0 Å². The van der Waals surface area contributed by atoms with Crippen LogP contribution in [0, 0.1) is 0 Å². The third-order valence-electron chi connectivity index (χ3n) is 3.44. The van der Waals surface area contributed by atoms with Crippen LogP contribution in [0.25, 0.3) is 0 Å². The predicted octanol–water partition coefficient (Wildman–Crippen LogP) is 3.90. The second-order valence-electron chi connectivity index (χ2n) is 4.53. The largest absolute Gasteiger partial charge is 0.388 e. The summed E-state index contributed by atoms with van der Waals surface area (Å²) in [4.78, 5) is 2.36. The van der Waals surface area contributed by atoms with Crippen LogP contribution in [-0.4, -0.2) is 7.05 Å². The lowest BCUT2D eigenvalue weighted by molar-refractivity contribution is 0.881. The predicted molar refractivity (Wildman–Crippen MR) is 77.3 cm³/mol. The number of nitrogens with zero attached hydrogens (tertiary/aromatic N) is 1. The van der Waals surface area contributed by atoms with Crippen molar-refractivity contribution in [1.29, 1.82) is 0 Å². The maximum absolute atomic E-state index is 5.93. The summed E-state index contributed by atoms with van der Waals surface area (Å²) in [5.41, 5.74) is 5.24. The molecule has 0 spiro atoms. The maximum Gasteiger partial charge on any atom is 0.0457 e. The van der Waals surface area contributed by atoms with Crippen LogP contribution in [0.3, 0.4) is 0 Å². The summed E-state index contributed by atoms with van der Waals surface area (Å²) in [7, 11) is 1.97. The van der Waals surface area contributed by atoms with E-state index in [1.165, 1.54) is 22.5 Å². The van der Waals surface area contributed by atoms with Crippen molar-refractivity contribution in [3.8, 4) is 0 Å². The topological polar surface area (TPSA) is 15.3 Å². The molecule has 1 N–H and O–H groups in total. The zero-order valence-corrected chi connectivity index (χ0v) is 11.0. The fraction of sp³-hybridized carbons (Fsp3) is 0.200. The van der Waals surface area contributed by atoms with Crippen LogP contribution in [0.4, 0.5) is 11.4 Å². The number of benzene rings is 2. The normalized spacial score (nSPS) is 13.6. The molecule has 92 valence electrons. The van der Waals surface area contributed by atoms with Crippen LogP contribution in [-0.2, 0) is 13.1 Å². The van der Waals surface area contributed by atoms with Gasteiger partial charge in [0.15, 0.2) is 0 Å². The molecule has 0 aliphatic carbocycles. The molecule has 3 rings (SSSR count). The van der Waals surface area contributed by atoms with Crippen molar-refractivity contribution in [1.82, 2.24) is 0 Å². The lowest BCUT2D eigenvalue weighted by atomic mass is 10.1. The van der Waals surface area contributed by atoms with Gasteiger partial charge in [-0.3, -0.25) is 0 Å². The van der Waals surface area contributed by atoms with Crippen LogP contribution < -0.4 is 10.2 Å². The second-order valence-corrected chi connectivity index (χ2v) is 4.96. The molecular weight excluding hydrogens is 244 g/mol. The van der Waals surface area contributed by atoms with Gasteiger partial charge in [0, 0.05) is 36.5 Å². The Labute approximate surface area is 112 Å². The summed E-state index contributed by atoms with van der Waals surface area (Å²) in [6.07, 6.45) is 0. The van der Waals surface area contributed by atoms with Crippen molar-refractivity contribution in [3.05, 3.63) is 58.6 Å². The van der Waals surface area contributed by atoms with Gasteiger partial charge in [-0.1, -0.05) is 23.7 Å². The number of rotatable bonds is 2. The number of hydrogen-bond donors (Lipinski definition) is 1. The Balaban J connectivity index is 1.91. The van der Waals surface area contributed by atoms with Gasteiger partial charge in [0.2, 0.25) is 0 Å². The van der Waals surface area contributed by atoms with E-state index in [9.17, 15) is 0 Å². The molecule has 0 saturated carbocycles. The summed E-state index contributed by atoms with van der Waals surface area (Å²) in [6, 6.07) is 14.5. The van der Waals surface area contributed by atoms with Gasteiger partial charge in [-0.05, 0) is 41.5 Å². The van der Waals surface area contributed by atoms with Crippen molar-refractivity contribution in [2.45, 2.75) is 13.1 Å². The first-order valence-electron chi connectivity index (χ1n) is 6.07. The molecule has 0 unspecified atom stereocenters. The monoisotopic (exact) mass is 258 g/mol. The summed E-state index contributed by atoms with van der Waals surface area (Å²) >= 11 is 5.93. The summed E-state index contributed by atoms with van der Waals surface area (Å²) < 4.78 is 0. The Kier molecular flexibility index (Phi) is 2.88. The molecule has 0 amide bonds. The molecule has 0 saturated heterocycles. The molecular formula is C15H15ClN2. The lowest BCUT2D eigenvalue weighted by Gasteiger charge is -2.17. The first-order chi connectivity index (χ1) is 8.78. The van der Waals surface area contributed by atoms with Crippen molar-refractivity contribution in [2.24, 2.45) is 0 Å². The highest BCUT2D eigenvalue weighted by molar-refractivity contribution is 6.30. The minimum Gasteiger partial charge on any atom is -0.388 e. The number of nitrogens with one attached hydrogen (secondary N) is 1. The fourth-order valence-corrected chi connectivity index (χ4v) is 2.62. The summed E-state index contributed by atoms with van der Waals surface area (Å²) in [5, 5.41) is 4.04. The Morgan fingerprint density at radius 3 is 2.56 bits per heavy atom. The standard InChI is InChI=1S/C15H15ClN2/c1-17-15-4-2-3-11-9-18(10-14(11)15)13-7-5-12(16)6-8-13/h2-8,17H,9-10H2,1H3. The van der Waals surface area contributed by atoms with Crippen molar-refractivity contribution in [2.75, 3.05) is 17.3 Å². The number of halogens is 1. The molecule has 3 heteroatoms. The number of hydrogen-bond acceptors (Lipinski definition) is 2. The Hall–Kier alpha value is -1.67. The van der Waals surface area contributed by atoms with E-state index in [0.29, 0.717) is 0 Å². The van der Waals surface area contributed by atoms with Gasteiger partial charge in [0.1, 0.15) is 0 Å². The average Bonchev–Trinajstić information content (AvgIpc) is 2.83. The minimum atomic E-state index is 0.784. The molecule has 0 aromatic heterocycles. The number of anilines is 2. The molecule has 0 fully saturated rings. The Morgan fingerprint density at radius 1 is 1.06 bits per heavy atom. The van der Waals surface area contributed by atoms with E-state index >= 15 is 0 Å². The molecule has 1 aliphatic rings. The highest BCUT2D eigenvalue weighted by Gasteiger charge is 2.21. The lowest BCUT2D eigenvalue weighted by Crippen LogP contribution is -2.14. The van der Waals surface area contributed by atoms with Crippen LogP contribution in [0.5, 0.6) is 0 Å². The van der Waals surface area contributed by atoms with Crippen LogP contribution in [0.2, 0.25) is 5.02 Å². The molecule has 2 nitrogen and oxygen atoms in total. The third kappa shape index (κ3) is 1.93. The van der Waals surface area contributed by atoms with Gasteiger partial charge >= 0.3 is 0 Å². The van der Waals surface area contributed by atoms with Gasteiger partial charge in [-0.15, -0.1) is 0 Å². The van der Waals surface area contributed by atoms with E-state index in [4.69, 9.17) is 11.6 Å². The highest BCUT2D eigenvalue weighted by Crippen LogP contribution is 2.32. The molecule has 2 aromatic rings. The zero-order chi connectivity index (χ0) is 12.5. The second kappa shape index (κ2) is 4.54. The van der Waals surface area contributed by atoms with E-state index in [2.05, 4.69) is 40.5 Å². The first kappa shape index (κ1) is 11.4. The van der Waals surface area contributed by atoms with Crippen molar-refractivity contribution in [3.63, 3.8) is 0 Å². The molecule has 0 bridgehead atoms. The van der Waals surface area contributed by atoms with E-state index in [0.717, 1.165) is 18.1 Å². The van der Waals surface area contributed by atoms with Crippen molar-refractivity contribution >= 4 is 23.0 Å². The van der Waals surface area contributed by atoms with E-state index in [1.54, 1.807) is 0 Å². The smallest absolute Gasteiger partial charge is 0.0457 e. The van der Waals surface area contributed by atoms with Crippen LogP contribution >= 0.6 is 11.6 Å². The SMILES string of the molecule is CNc1cccc2c1CN(c1ccc(Cl)cc1)C2. The van der Waals surface area contributed by atoms with E-state index < -0.39 is 0 Å². The van der Waals surface area contributed by atoms with Gasteiger partial charge in [-0.2, -0.15) is 0 Å². The molecule has 0 atom stereocenters. The number of fused-ring (bicyclic) bond motifs is 1. The van der Waals surface area contributed by atoms with E-state index in [1.807, 2.05) is 19.2 Å². The molecule has 18 heavy (non-hydrogen) atoms. The molecule has 0 radical (unpaired) electrons. The van der Waals surface area contributed by atoms with Gasteiger partial charge in [0.25, 0.3) is 0 Å². The average molecular weight is 259 g/mol. The third-order valence-corrected chi connectivity index (χ3v) is 3.70. The Bertz CT molecular complexity index is 563. The molecule has 1 heterocycles. The maximum atomic E-state index is 5.93. The van der Waals surface area contributed by atoms with E-state index in [-0.39, 0.29) is 0 Å². The summed E-state index contributed by atoms with van der Waals surface area (Å²) in [6.45, 7) is 1.92. The fourth-order valence-electron chi connectivity index (χ4n) is 2.49. The Morgan fingerprint density at radius 2 is 1.83 bits per heavy atom. The quantitative estimate of drug-likeness (QED) is 0.879. The zero-order valence-electron chi connectivity index (χ0n) is 10.3. The van der Waals surface area contributed by atoms with Crippen LogP contribution in [0.1, 0.15) is 11.1 Å². The first-order valence-corrected chi connectivity index (χ1v) is 6.45. The van der Waals surface area contributed by atoms with Crippen LogP contribution in [0.15, 0.2) is 42.5 Å². The molecule has 1 aliphatic heterocycles. The van der Waals surface area contributed by atoms with Gasteiger partial charge in [0.05, 0.1) is 0 Å². The minimum absolute atomic E-state index is 0.784. The van der Waals surface area contributed by atoms with Gasteiger partial charge < -0.3 is 10.2 Å². The van der Waals surface area contributed by atoms with Crippen molar-refractivity contribution < 1.29 is 0 Å².